The molecule has 5 nitrogen and oxygen atoms in total. The molecule has 0 spiro atoms. The van der Waals surface area contributed by atoms with Crippen LogP contribution in [0.2, 0.25) is 0 Å². The molecular formula is C13H11N3O2S2. The molecule has 102 valence electrons. The second kappa shape index (κ2) is 5.26. The van der Waals surface area contributed by atoms with Crippen molar-refractivity contribution in [2.45, 2.75) is 10.1 Å². The maximum absolute atomic E-state index is 11.1. The summed E-state index contributed by atoms with van der Waals surface area (Å²) in [5, 5.41) is 13.1. The van der Waals surface area contributed by atoms with Gasteiger partial charge in [-0.15, -0.1) is 11.3 Å². The lowest BCUT2D eigenvalue weighted by Gasteiger charge is -2.01. The van der Waals surface area contributed by atoms with Crippen molar-refractivity contribution in [2.24, 2.45) is 7.05 Å². The summed E-state index contributed by atoms with van der Waals surface area (Å²) in [7, 11) is 1.75. The topological polar surface area (TPSA) is 68.0 Å². The summed E-state index contributed by atoms with van der Waals surface area (Å²) in [5.74, 6) is -0.407. The monoisotopic (exact) mass is 305 g/mol. The first-order chi connectivity index (χ1) is 9.65. The van der Waals surface area contributed by atoms with Crippen LogP contribution in [0.25, 0.3) is 10.2 Å². The summed E-state index contributed by atoms with van der Waals surface area (Å²) in [5.41, 5.74) is 1.92. The Morgan fingerprint density at radius 2 is 2.25 bits per heavy atom. The molecule has 0 amide bonds. The second-order valence-electron chi connectivity index (χ2n) is 4.17. The highest BCUT2D eigenvalue weighted by molar-refractivity contribution is 8.00. The molecule has 0 aliphatic carbocycles. The predicted molar refractivity (Wildman–Crippen MR) is 79.3 cm³/mol. The van der Waals surface area contributed by atoms with Crippen molar-refractivity contribution in [3.8, 4) is 0 Å². The summed E-state index contributed by atoms with van der Waals surface area (Å²) in [6.45, 7) is 0. The highest BCUT2D eigenvalue weighted by Gasteiger charge is 2.15. The molecule has 0 atom stereocenters. The van der Waals surface area contributed by atoms with Gasteiger partial charge in [0.1, 0.15) is 5.56 Å². The minimum atomic E-state index is -0.946. The van der Waals surface area contributed by atoms with Crippen LogP contribution in [0.15, 0.2) is 34.8 Å². The second-order valence-corrected chi connectivity index (χ2v) is 6.42. The van der Waals surface area contributed by atoms with Gasteiger partial charge in [0.05, 0.1) is 22.1 Å². The fraction of sp³-hybridized carbons (Fsp3) is 0.154. The number of thiazole rings is 1. The zero-order chi connectivity index (χ0) is 14.1. The Labute approximate surface area is 123 Å². The van der Waals surface area contributed by atoms with Gasteiger partial charge in [-0.1, -0.05) is 23.9 Å². The fourth-order valence-corrected chi connectivity index (χ4v) is 4.00. The molecule has 0 saturated heterocycles. The third kappa shape index (κ3) is 2.41. The van der Waals surface area contributed by atoms with Gasteiger partial charge < -0.3 is 5.11 Å². The summed E-state index contributed by atoms with van der Waals surface area (Å²) in [6.07, 6.45) is 1.39. The van der Waals surface area contributed by atoms with Crippen LogP contribution in [0.3, 0.4) is 0 Å². The van der Waals surface area contributed by atoms with Crippen LogP contribution in [0.1, 0.15) is 16.1 Å². The van der Waals surface area contributed by atoms with Crippen molar-refractivity contribution in [1.82, 2.24) is 14.8 Å². The molecule has 0 bridgehead atoms. The van der Waals surface area contributed by atoms with Gasteiger partial charge in [0.25, 0.3) is 0 Å². The van der Waals surface area contributed by atoms with Gasteiger partial charge in [0.15, 0.2) is 4.34 Å². The molecule has 0 radical (unpaired) electrons. The number of hydrogen-bond donors (Lipinski definition) is 1. The van der Waals surface area contributed by atoms with Gasteiger partial charge in [-0.05, 0) is 12.1 Å². The minimum absolute atomic E-state index is 0.251. The van der Waals surface area contributed by atoms with Gasteiger partial charge in [-0.3, -0.25) is 4.68 Å². The molecule has 3 rings (SSSR count). The van der Waals surface area contributed by atoms with Crippen molar-refractivity contribution >= 4 is 39.3 Å². The highest BCUT2D eigenvalue weighted by Crippen LogP contribution is 2.31. The van der Waals surface area contributed by atoms with Gasteiger partial charge in [0, 0.05) is 12.8 Å². The number of carboxylic acids is 1. The number of para-hydroxylation sites is 1. The number of carbonyl (C=O) groups is 1. The Balaban J connectivity index is 1.82. The Morgan fingerprint density at radius 1 is 1.45 bits per heavy atom. The Hall–Kier alpha value is -1.86. The zero-order valence-corrected chi connectivity index (χ0v) is 12.2. The first-order valence-electron chi connectivity index (χ1n) is 5.87. The Morgan fingerprint density at radius 3 is 3.00 bits per heavy atom. The summed E-state index contributed by atoms with van der Waals surface area (Å²) in [6, 6.07) is 7.95. The van der Waals surface area contributed by atoms with E-state index >= 15 is 0 Å². The van der Waals surface area contributed by atoms with E-state index in [4.69, 9.17) is 5.11 Å². The number of aromatic carboxylic acids is 1. The number of carboxylic acid groups (broad SMARTS) is 1. The smallest absolute Gasteiger partial charge is 0.339 e. The summed E-state index contributed by atoms with van der Waals surface area (Å²) in [4.78, 5) is 15.6. The van der Waals surface area contributed by atoms with Crippen LogP contribution in [0.4, 0.5) is 0 Å². The molecule has 0 aliphatic heterocycles. The number of thioether (sulfide) groups is 1. The molecule has 1 aromatic carbocycles. The molecule has 1 N–H and O–H groups in total. The van der Waals surface area contributed by atoms with Crippen LogP contribution in [-0.4, -0.2) is 25.8 Å². The van der Waals surface area contributed by atoms with E-state index < -0.39 is 5.97 Å². The van der Waals surface area contributed by atoms with Crippen molar-refractivity contribution < 1.29 is 9.90 Å². The summed E-state index contributed by atoms with van der Waals surface area (Å²) >= 11 is 3.15. The number of benzene rings is 1. The fourth-order valence-electron chi connectivity index (χ4n) is 1.86. The van der Waals surface area contributed by atoms with Crippen molar-refractivity contribution in [3.63, 3.8) is 0 Å². The lowest BCUT2D eigenvalue weighted by atomic mass is 10.3. The quantitative estimate of drug-likeness (QED) is 0.750. The number of nitrogens with zero attached hydrogens (tertiary/aromatic N) is 3. The van der Waals surface area contributed by atoms with E-state index in [0.29, 0.717) is 11.4 Å². The van der Waals surface area contributed by atoms with Crippen LogP contribution in [0, 0.1) is 0 Å². The molecule has 2 heterocycles. The van der Waals surface area contributed by atoms with Crippen molar-refractivity contribution in [3.05, 3.63) is 41.7 Å². The SMILES string of the molecule is Cn1ncc(C(=O)O)c1CSc1nc2ccccc2s1. The van der Waals surface area contributed by atoms with E-state index in [1.807, 2.05) is 24.3 Å². The number of aromatic nitrogens is 3. The average Bonchev–Trinajstić information content (AvgIpc) is 2.99. The highest BCUT2D eigenvalue weighted by atomic mass is 32.2. The van der Waals surface area contributed by atoms with Crippen LogP contribution < -0.4 is 0 Å². The largest absolute Gasteiger partial charge is 0.478 e. The molecule has 20 heavy (non-hydrogen) atoms. The first kappa shape index (κ1) is 13.1. The zero-order valence-electron chi connectivity index (χ0n) is 10.6. The van der Waals surface area contributed by atoms with E-state index in [1.165, 1.54) is 18.0 Å². The van der Waals surface area contributed by atoms with Crippen molar-refractivity contribution in [2.75, 3.05) is 0 Å². The Kier molecular flexibility index (Phi) is 3.45. The predicted octanol–water partition coefficient (Wildman–Crippen LogP) is 3.02. The number of rotatable bonds is 4. The lowest BCUT2D eigenvalue weighted by Crippen LogP contribution is -2.03. The summed E-state index contributed by atoms with van der Waals surface area (Å²) < 4.78 is 3.67. The van der Waals surface area contributed by atoms with Crippen LogP contribution in [-0.2, 0) is 12.8 Å². The first-order valence-corrected chi connectivity index (χ1v) is 7.68. The molecule has 0 aliphatic rings. The van der Waals surface area contributed by atoms with E-state index in [2.05, 4.69) is 10.1 Å². The van der Waals surface area contributed by atoms with E-state index in [0.717, 1.165) is 14.6 Å². The van der Waals surface area contributed by atoms with Crippen LogP contribution in [0.5, 0.6) is 0 Å². The van der Waals surface area contributed by atoms with Gasteiger partial charge in [0.2, 0.25) is 0 Å². The van der Waals surface area contributed by atoms with E-state index in [9.17, 15) is 4.79 Å². The third-order valence-electron chi connectivity index (χ3n) is 2.90. The lowest BCUT2D eigenvalue weighted by molar-refractivity contribution is 0.0696. The molecule has 3 aromatic rings. The third-order valence-corrected chi connectivity index (χ3v) is 5.09. The molecule has 2 aromatic heterocycles. The maximum Gasteiger partial charge on any atom is 0.339 e. The molecular weight excluding hydrogens is 294 g/mol. The van der Waals surface area contributed by atoms with Crippen LogP contribution >= 0.6 is 23.1 Å². The van der Waals surface area contributed by atoms with Gasteiger partial charge in [-0.2, -0.15) is 5.10 Å². The normalized spacial score (nSPS) is 11.1. The number of fused-ring (bicyclic) bond motifs is 1. The molecule has 0 unspecified atom stereocenters. The standard InChI is InChI=1S/C13H11N3O2S2/c1-16-10(8(6-14-16)12(17)18)7-19-13-15-9-4-2-3-5-11(9)20-13/h2-6H,7H2,1H3,(H,17,18). The average molecular weight is 305 g/mol. The Bertz CT molecular complexity index is 746. The van der Waals surface area contributed by atoms with E-state index in [1.54, 1.807) is 23.1 Å². The number of hydrogen-bond acceptors (Lipinski definition) is 5. The van der Waals surface area contributed by atoms with Gasteiger partial charge >= 0.3 is 5.97 Å². The molecule has 0 saturated carbocycles. The van der Waals surface area contributed by atoms with Crippen molar-refractivity contribution in [1.29, 1.82) is 0 Å². The van der Waals surface area contributed by atoms with Gasteiger partial charge in [-0.25, -0.2) is 9.78 Å². The van der Waals surface area contributed by atoms with E-state index in [-0.39, 0.29) is 5.56 Å². The minimum Gasteiger partial charge on any atom is -0.478 e. The maximum atomic E-state index is 11.1. The number of aryl methyl sites for hydroxylation is 1. The molecule has 0 fully saturated rings. The molecule has 7 heteroatoms.